The van der Waals surface area contributed by atoms with E-state index in [0.717, 1.165) is 29.2 Å². The largest absolute Gasteiger partial charge is 0.495 e. The minimum Gasteiger partial charge on any atom is -0.495 e. The molecule has 0 unspecified atom stereocenters. The number of thiazole rings is 1. The first-order chi connectivity index (χ1) is 16.0. The summed E-state index contributed by atoms with van der Waals surface area (Å²) in [4.78, 5) is 23.1. The molecule has 0 saturated heterocycles. The molecular weight excluding hydrogens is 497 g/mol. The molecule has 34 heavy (non-hydrogen) atoms. The Morgan fingerprint density at radius 1 is 1.03 bits per heavy atom. The lowest BCUT2D eigenvalue weighted by atomic mass is 10.3. The van der Waals surface area contributed by atoms with Crippen LogP contribution >= 0.6 is 35.5 Å². The first-order valence-electron chi connectivity index (χ1n) is 10.9. The van der Waals surface area contributed by atoms with E-state index in [2.05, 4.69) is 18.7 Å². The number of amides is 1. The van der Waals surface area contributed by atoms with Gasteiger partial charge in [0.2, 0.25) is 5.91 Å². The van der Waals surface area contributed by atoms with Crippen LogP contribution in [0.3, 0.4) is 0 Å². The van der Waals surface area contributed by atoms with E-state index in [4.69, 9.17) is 14.5 Å². The maximum absolute atomic E-state index is 13.3. The van der Waals surface area contributed by atoms with Gasteiger partial charge in [-0.3, -0.25) is 9.69 Å². The molecule has 3 aromatic rings. The summed E-state index contributed by atoms with van der Waals surface area (Å²) in [7, 11) is 3.23. The number of carbonyl (C=O) groups is 1. The van der Waals surface area contributed by atoms with Crippen molar-refractivity contribution in [2.45, 2.75) is 25.2 Å². The molecule has 0 bridgehead atoms. The van der Waals surface area contributed by atoms with Crippen LogP contribution in [0.4, 0.5) is 9.52 Å². The molecule has 0 N–H and O–H groups in total. The van der Waals surface area contributed by atoms with Gasteiger partial charge in [0.25, 0.3) is 0 Å². The number of thioether (sulfide) groups is 1. The Bertz CT molecular complexity index is 1020. The lowest BCUT2D eigenvalue weighted by Gasteiger charge is -2.24. The summed E-state index contributed by atoms with van der Waals surface area (Å²) >= 11 is 2.97. The average molecular weight is 528 g/mol. The molecule has 6 nitrogen and oxygen atoms in total. The monoisotopic (exact) mass is 527 g/mol. The fraction of sp³-hybridized carbons (Fsp3) is 0.417. The van der Waals surface area contributed by atoms with Crippen LogP contribution in [0.5, 0.6) is 11.5 Å². The molecule has 0 aliphatic heterocycles. The van der Waals surface area contributed by atoms with E-state index in [-0.39, 0.29) is 24.1 Å². The molecule has 0 fully saturated rings. The highest BCUT2D eigenvalue weighted by molar-refractivity contribution is 7.99. The Hall–Kier alpha value is -2.07. The summed E-state index contributed by atoms with van der Waals surface area (Å²) in [6, 6.07) is 10.0. The van der Waals surface area contributed by atoms with E-state index in [0.29, 0.717) is 40.9 Å². The van der Waals surface area contributed by atoms with E-state index in [1.54, 1.807) is 31.3 Å². The Kier molecular flexibility index (Phi) is 11.4. The molecule has 1 heterocycles. The van der Waals surface area contributed by atoms with Crippen LogP contribution in [0.2, 0.25) is 0 Å². The van der Waals surface area contributed by atoms with Gasteiger partial charge in [-0.1, -0.05) is 25.2 Å². The molecule has 3 rings (SSSR count). The number of ether oxygens (including phenoxy) is 2. The lowest BCUT2D eigenvalue weighted by Crippen LogP contribution is -2.39. The number of benzene rings is 2. The zero-order valence-electron chi connectivity index (χ0n) is 19.9. The molecular formula is C24H31ClFN3O3S2. The van der Waals surface area contributed by atoms with Crippen LogP contribution in [0, 0.1) is 5.82 Å². The van der Waals surface area contributed by atoms with E-state index < -0.39 is 0 Å². The Morgan fingerprint density at radius 3 is 2.29 bits per heavy atom. The maximum Gasteiger partial charge on any atom is 0.229 e. The van der Waals surface area contributed by atoms with Crippen LogP contribution < -0.4 is 14.4 Å². The van der Waals surface area contributed by atoms with Crippen molar-refractivity contribution in [3.05, 3.63) is 42.2 Å². The molecule has 10 heteroatoms. The first kappa shape index (κ1) is 28.2. The standard InChI is InChI=1S/C24H30FN3O3S2.ClH/c1-5-27(6-2)14-15-28(21(29)13-16-32-18-9-7-17(25)8-10-18)24-26-22-19(30-3)11-12-20(31-4)23(22)33-24;/h7-12H,5-6,13-16H2,1-4H3;1H. The minimum absolute atomic E-state index is 0. The fourth-order valence-corrected chi connectivity index (χ4v) is 5.38. The Morgan fingerprint density at radius 2 is 1.68 bits per heavy atom. The van der Waals surface area contributed by atoms with Crippen molar-refractivity contribution in [1.82, 2.24) is 9.88 Å². The summed E-state index contributed by atoms with van der Waals surface area (Å²) in [5.41, 5.74) is 0.693. The van der Waals surface area contributed by atoms with Gasteiger partial charge < -0.3 is 14.4 Å². The highest BCUT2D eigenvalue weighted by Crippen LogP contribution is 2.40. The highest BCUT2D eigenvalue weighted by atomic mass is 35.5. The van der Waals surface area contributed by atoms with Gasteiger partial charge in [0.1, 0.15) is 27.5 Å². The van der Waals surface area contributed by atoms with Gasteiger partial charge in [0.05, 0.1) is 14.2 Å². The number of rotatable bonds is 12. The number of anilines is 1. The molecule has 0 saturated carbocycles. The molecule has 1 aromatic heterocycles. The SMILES string of the molecule is CCN(CC)CCN(C(=O)CCSc1ccc(F)cc1)c1nc2c(OC)ccc(OC)c2s1.Cl. The first-order valence-corrected chi connectivity index (χ1v) is 12.7. The third-order valence-electron chi connectivity index (χ3n) is 5.36. The average Bonchev–Trinajstić information content (AvgIpc) is 3.27. The van der Waals surface area contributed by atoms with Crippen molar-refractivity contribution in [3.8, 4) is 11.5 Å². The topological polar surface area (TPSA) is 54.9 Å². The lowest BCUT2D eigenvalue weighted by molar-refractivity contribution is -0.118. The number of aromatic nitrogens is 1. The Labute approximate surface area is 214 Å². The third kappa shape index (κ3) is 6.97. The van der Waals surface area contributed by atoms with Crippen molar-refractivity contribution in [3.63, 3.8) is 0 Å². The van der Waals surface area contributed by atoms with Crippen LogP contribution in [0.1, 0.15) is 20.3 Å². The normalized spacial score (nSPS) is 10.9. The van der Waals surface area contributed by atoms with Gasteiger partial charge in [-0.05, 0) is 49.5 Å². The summed E-state index contributed by atoms with van der Waals surface area (Å²) in [6.45, 7) is 7.37. The molecule has 0 atom stereocenters. The summed E-state index contributed by atoms with van der Waals surface area (Å²) in [5, 5.41) is 0.636. The number of hydrogen-bond donors (Lipinski definition) is 0. The number of nitrogens with zero attached hydrogens (tertiary/aromatic N) is 3. The predicted molar refractivity (Wildman–Crippen MR) is 142 cm³/mol. The number of halogens is 2. The number of hydrogen-bond acceptors (Lipinski definition) is 7. The van der Waals surface area contributed by atoms with Gasteiger partial charge >= 0.3 is 0 Å². The van der Waals surface area contributed by atoms with Crippen molar-refractivity contribution in [1.29, 1.82) is 0 Å². The fourth-order valence-electron chi connectivity index (χ4n) is 3.42. The summed E-state index contributed by atoms with van der Waals surface area (Å²) in [5.74, 6) is 1.70. The van der Waals surface area contributed by atoms with Crippen LogP contribution in [0.15, 0.2) is 41.3 Å². The maximum atomic E-state index is 13.3. The zero-order chi connectivity index (χ0) is 23.8. The molecule has 0 aliphatic carbocycles. The van der Waals surface area contributed by atoms with Crippen molar-refractivity contribution in [2.75, 3.05) is 51.1 Å². The summed E-state index contributed by atoms with van der Waals surface area (Å²) in [6.07, 6.45) is 0.352. The highest BCUT2D eigenvalue weighted by Gasteiger charge is 2.23. The van der Waals surface area contributed by atoms with Crippen LogP contribution in [-0.4, -0.2) is 61.9 Å². The molecule has 0 radical (unpaired) electrons. The van der Waals surface area contributed by atoms with Gasteiger partial charge in [0.15, 0.2) is 5.13 Å². The van der Waals surface area contributed by atoms with E-state index in [1.807, 2.05) is 12.1 Å². The third-order valence-corrected chi connectivity index (χ3v) is 7.47. The molecule has 1 amide bonds. The van der Waals surface area contributed by atoms with Gasteiger partial charge in [0, 0.05) is 30.2 Å². The number of carbonyl (C=O) groups excluding carboxylic acids is 1. The van der Waals surface area contributed by atoms with Crippen LogP contribution in [0.25, 0.3) is 10.2 Å². The number of fused-ring (bicyclic) bond motifs is 1. The van der Waals surface area contributed by atoms with E-state index in [1.165, 1.54) is 35.2 Å². The van der Waals surface area contributed by atoms with Gasteiger partial charge in [-0.15, -0.1) is 24.2 Å². The summed E-state index contributed by atoms with van der Waals surface area (Å²) < 4.78 is 25.0. The Balaban J connectivity index is 0.00000408. The molecule has 0 spiro atoms. The molecule has 2 aromatic carbocycles. The van der Waals surface area contributed by atoms with Gasteiger partial charge in [-0.2, -0.15) is 0 Å². The molecule has 0 aliphatic rings. The number of likely N-dealkylation sites (N-methyl/N-ethyl adjacent to an activating group) is 1. The second-order valence-corrected chi connectivity index (χ2v) is 9.41. The van der Waals surface area contributed by atoms with Crippen molar-refractivity contribution >= 4 is 56.8 Å². The predicted octanol–water partition coefficient (Wildman–Crippen LogP) is 5.73. The zero-order valence-corrected chi connectivity index (χ0v) is 22.3. The quantitative estimate of drug-likeness (QED) is 0.280. The van der Waals surface area contributed by atoms with E-state index in [9.17, 15) is 9.18 Å². The second kappa shape index (κ2) is 13.7. The van der Waals surface area contributed by atoms with Crippen molar-refractivity contribution < 1.29 is 18.7 Å². The van der Waals surface area contributed by atoms with Gasteiger partial charge in [-0.25, -0.2) is 9.37 Å². The van der Waals surface area contributed by atoms with Crippen LogP contribution in [-0.2, 0) is 4.79 Å². The molecule has 186 valence electrons. The number of methoxy groups -OCH3 is 2. The minimum atomic E-state index is -0.264. The van der Waals surface area contributed by atoms with E-state index >= 15 is 0 Å². The second-order valence-electron chi connectivity index (χ2n) is 7.27. The van der Waals surface area contributed by atoms with Crippen molar-refractivity contribution in [2.24, 2.45) is 0 Å². The smallest absolute Gasteiger partial charge is 0.229 e.